The van der Waals surface area contributed by atoms with Crippen molar-refractivity contribution in [3.63, 3.8) is 0 Å². The van der Waals surface area contributed by atoms with Crippen molar-refractivity contribution in [1.29, 1.82) is 0 Å². The van der Waals surface area contributed by atoms with Crippen molar-refractivity contribution in [2.75, 3.05) is 0 Å². The summed E-state index contributed by atoms with van der Waals surface area (Å²) in [5, 5.41) is 7.01. The molecule has 310 valence electrons. The van der Waals surface area contributed by atoms with Crippen LogP contribution in [0, 0.1) is 0 Å². The molecule has 0 saturated heterocycles. The fraction of sp³-hybridized carbons (Fsp3) is 0.0476. The van der Waals surface area contributed by atoms with E-state index in [-0.39, 0.29) is 5.41 Å². The van der Waals surface area contributed by atoms with Gasteiger partial charge in [0.25, 0.3) is 0 Å². The number of hydrogen-bond donors (Lipinski definition) is 0. The van der Waals surface area contributed by atoms with Gasteiger partial charge in [0, 0.05) is 43.4 Å². The number of nitrogens with zero attached hydrogens (tertiary/aromatic N) is 1. The summed E-state index contributed by atoms with van der Waals surface area (Å²) in [6, 6.07) is 77.2. The molecule has 0 unspecified atom stereocenters. The van der Waals surface area contributed by atoms with Gasteiger partial charge in [-0.2, -0.15) is 0 Å². The van der Waals surface area contributed by atoms with Crippen LogP contribution in [0.2, 0.25) is 0 Å². The predicted molar refractivity (Wildman–Crippen MR) is 275 cm³/mol. The average Bonchev–Trinajstić information content (AvgIpc) is 4.09. The van der Waals surface area contributed by atoms with Gasteiger partial charge >= 0.3 is 0 Å². The van der Waals surface area contributed by atoms with E-state index >= 15 is 0 Å². The third kappa shape index (κ3) is 5.50. The minimum Gasteiger partial charge on any atom is -0.456 e. The highest BCUT2D eigenvalue weighted by Crippen LogP contribution is 2.52. The van der Waals surface area contributed by atoms with Gasteiger partial charge in [-0.25, -0.2) is 0 Å². The van der Waals surface area contributed by atoms with Crippen LogP contribution < -0.4 is 0 Å². The maximum Gasteiger partial charge on any atom is 0.135 e. The first kappa shape index (κ1) is 37.0. The number of fused-ring (bicyclic) bond motifs is 12. The van der Waals surface area contributed by atoms with E-state index in [1.165, 1.54) is 83.0 Å². The van der Waals surface area contributed by atoms with E-state index in [0.29, 0.717) is 0 Å². The first-order valence-electron chi connectivity index (χ1n) is 22.8. The van der Waals surface area contributed by atoms with E-state index in [1.807, 2.05) is 0 Å². The molecule has 0 bridgehead atoms. The topological polar surface area (TPSA) is 31.2 Å². The highest BCUT2D eigenvalue weighted by molar-refractivity contribution is 6.14. The summed E-state index contributed by atoms with van der Waals surface area (Å²) in [6.45, 7) is 4.78. The SMILES string of the molecule is CC1(C)c2cc(-c3ccc4oc5ccc(-c6ccccc6)cc5c4c3)ccc2-c2cc3c(cc21)c1cc(-c2ccc4oc5ccc(-c6ccccc6)cc5c4c2)ccc1n3-c1ccccc1. The van der Waals surface area contributed by atoms with E-state index in [0.717, 1.165) is 55.1 Å². The summed E-state index contributed by atoms with van der Waals surface area (Å²) < 4.78 is 15.2. The third-order valence-corrected chi connectivity index (χ3v) is 14.4. The zero-order valence-electron chi connectivity index (χ0n) is 36.5. The summed E-state index contributed by atoms with van der Waals surface area (Å²) in [6.07, 6.45) is 0. The number of hydrogen-bond acceptors (Lipinski definition) is 2. The van der Waals surface area contributed by atoms with Crippen LogP contribution in [0.25, 0.3) is 127 Å². The molecule has 3 heteroatoms. The van der Waals surface area contributed by atoms with Crippen LogP contribution in [-0.4, -0.2) is 4.57 Å². The summed E-state index contributed by atoms with van der Waals surface area (Å²) in [5.74, 6) is 0. The Bertz CT molecular complexity index is 4110. The van der Waals surface area contributed by atoms with Gasteiger partial charge in [0.15, 0.2) is 0 Å². The normalized spacial score (nSPS) is 13.1. The smallest absolute Gasteiger partial charge is 0.135 e. The summed E-state index contributed by atoms with van der Waals surface area (Å²) >= 11 is 0. The van der Waals surface area contributed by atoms with Crippen molar-refractivity contribution in [2.45, 2.75) is 19.3 Å². The van der Waals surface area contributed by atoms with E-state index in [4.69, 9.17) is 8.83 Å². The molecule has 0 fully saturated rings. The van der Waals surface area contributed by atoms with Gasteiger partial charge in [-0.3, -0.25) is 0 Å². The molecule has 3 nitrogen and oxygen atoms in total. The molecular weight excluding hydrogens is 803 g/mol. The Balaban J connectivity index is 0.897. The second-order valence-electron chi connectivity index (χ2n) is 18.5. The van der Waals surface area contributed by atoms with Crippen LogP contribution in [0.5, 0.6) is 0 Å². The first-order valence-corrected chi connectivity index (χ1v) is 22.8. The van der Waals surface area contributed by atoms with Gasteiger partial charge in [0.05, 0.1) is 11.0 Å². The van der Waals surface area contributed by atoms with Crippen LogP contribution in [0.3, 0.4) is 0 Å². The molecule has 1 aliphatic carbocycles. The van der Waals surface area contributed by atoms with E-state index in [2.05, 4.69) is 231 Å². The Labute approximate surface area is 381 Å². The molecule has 66 heavy (non-hydrogen) atoms. The Kier molecular flexibility index (Phi) is 7.74. The van der Waals surface area contributed by atoms with Crippen molar-refractivity contribution in [3.05, 3.63) is 223 Å². The van der Waals surface area contributed by atoms with Crippen molar-refractivity contribution >= 4 is 65.7 Å². The molecule has 0 aliphatic heterocycles. The molecule has 0 saturated carbocycles. The van der Waals surface area contributed by atoms with E-state index in [1.54, 1.807) is 0 Å². The van der Waals surface area contributed by atoms with Crippen LogP contribution in [-0.2, 0) is 5.41 Å². The predicted octanol–water partition coefficient (Wildman–Crippen LogP) is 17.6. The van der Waals surface area contributed by atoms with Crippen molar-refractivity contribution < 1.29 is 8.83 Å². The van der Waals surface area contributed by atoms with Gasteiger partial charge in [0.2, 0.25) is 0 Å². The molecule has 0 spiro atoms. The molecule has 10 aromatic carbocycles. The molecule has 0 amide bonds. The average molecular weight is 844 g/mol. The second kappa shape index (κ2) is 13.8. The summed E-state index contributed by atoms with van der Waals surface area (Å²) in [4.78, 5) is 0. The zero-order valence-corrected chi connectivity index (χ0v) is 36.5. The summed E-state index contributed by atoms with van der Waals surface area (Å²) in [5.41, 5.74) is 21.7. The van der Waals surface area contributed by atoms with Gasteiger partial charge in [-0.1, -0.05) is 135 Å². The lowest BCUT2D eigenvalue weighted by Gasteiger charge is -2.22. The number of para-hydroxylation sites is 1. The van der Waals surface area contributed by atoms with Gasteiger partial charge in [-0.05, 0) is 158 Å². The molecule has 0 N–H and O–H groups in total. The Hall–Kier alpha value is -8.40. The first-order chi connectivity index (χ1) is 32.4. The van der Waals surface area contributed by atoms with E-state index in [9.17, 15) is 0 Å². The number of furan rings is 2. The molecule has 3 heterocycles. The quantitative estimate of drug-likeness (QED) is 0.173. The number of benzene rings is 10. The number of aromatic nitrogens is 1. The van der Waals surface area contributed by atoms with Crippen LogP contribution in [0.15, 0.2) is 221 Å². The molecule has 0 atom stereocenters. The second-order valence-corrected chi connectivity index (χ2v) is 18.5. The molecule has 1 aliphatic rings. The zero-order chi connectivity index (χ0) is 43.7. The van der Waals surface area contributed by atoms with Crippen molar-refractivity contribution in [2.24, 2.45) is 0 Å². The number of rotatable bonds is 5. The third-order valence-electron chi connectivity index (χ3n) is 14.4. The maximum absolute atomic E-state index is 6.38. The van der Waals surface area contributed by atoms with Crippen LogP contribution in [0.1, 0.15) is 25.0 Å². The monoisotopic (exact) mass is 843 g/mol. The molecule has 0 radical (unpaired) electrons. The van der Waals surface area contributed by atoms with Gasteiger partial charge in [-0.15, -0.1) is 0 Å². The van der Waals surface area contributed by atoms with Gasteiger partial charge < -0.3 is 13.4 Å². The lowest BCUT2D eigenvalue weighted by atomic mass is 9.81. The fourth-order valence-electron chi connectivity index (χ4n) is 11.0. The lowest BCUT2D eigenvalue weighted by Crippen LogP contribution is -2.15. The van der Waals surface area contributed by atoms with Crippen molar-refractivity contribution in [3.8, 4) is 61.3 Å². The largest absolute Gasteiger partial charge is 0.456 e. The molecule has 3 aromatic heterocycles. The molecule has 14 rings (SSSR count). The Morgan fingerprint density at radius 2 is 0.697 bits per heavy atom. The van der Waals surface area contributed by atoms with E-state index < -0.39 is 0 Å². The summed E-state index contributed by atoms with van der Waals surface area (Å²) in [7, 11) is 0. The highest BCUT2D eigenvalue weighted by atomic mass is 16.3. The van der Waals surface area contributed by atoms with Crippen molar-refractivity contribution in [1.82, 2.24) is 4.57 Å². The van der Waals surface area contributed by atoms with Gasteiger partial charge in [0.1, 0.15) is 22.3 Å². The lowest BCUT2D eigenvalue weighted by molar-refractivity contribution is 0.661. The molecular formula is C63H41NO2. The standard InChI is InChI=1S/C63H41NO2/c1-63(2)55-35-45(44-23-29-62-54(34-44)52-32-41(21-27-60(52)66-62)39-14-8-4-9-15-39)18-24-47(55)48-37-58-50(36-56(48)63)49-30-42(19-25-57(49)64(58)46-16-10-5-11-17-46)43-22-28-61-53(33-43)51-31-40(20-26-59(51)65-61)38-12-6-3-7-13-38/h3-37H,1-2H3. The minimum atomic E-state index is -0.226. The maximum atomic E-state index is 6.38. The fourth-order valence-corrected chi connectivity index (χ4v) is 11.0. The molecule has 13 aromatic rings. The minimum absolute atomic E-state index is 0.226. The highest BCUT2D eigenvalue weighted by Gasteiger charge is 2.37. The van der Waals surface area contributed by atoms with Crippen LogP contribution >= 0.6 is 0 Å². The van der Waals surface area contributed by atoms with Crippen LogP contribution in [0.4, 0.5) is 0 Å². The Morgan fingerprint density at radius 1 is 0.303 bits per heavy atom. The Morgan fingerprint density at radius 3 is 1.21 bits per heavy atom.